The first-order valence-corrected chi connectivity index (χ1v) is 4.84. The zero-order valence-electron chi connectivity index (χ0n) is 6.68. The summed E-state index contributed by atoms with van der Waals surface area (Å²) in [6.45, 7) is 0. The van der Waals surface area contributed by atoms with Gasteiger partial charge in [0, 0.05) is 5.39 Å². The Morgan fingerprint density at radius 3 is 2.38 bits per heavy atom. The van der Waals surface area contributed by atoms with Crippen LogP contribution in [-0.4, -0.2) is 18.8 Å². The molecule has 1 heterocycles. The highest BCUT2D eigenvalue weighted by molar-refractivity contribution is 6.22. The molecule has 2 aromatic rings. The van der Waals surface area contributed by atoms with Crippen LogP contribution in [0.2, 0.25) is 0 Å². The highest BCUT2D eigenvalue weighted by Crippen LogP contribution is 2.12. The van der Waals surface area contributed by atoms with Crippen LogP contribution in [0.3, 0.4) is 0 Å². The van der Waals surface area contributed by atoms with Crippen molar-refractivity contribution < 1.29 is 18.5 Å². The van der Waals surface area contributed by atoms with E-state index in [2.05, 4.69) is 0 Å². The third kappa shape index (κ3) is 3.08. The monoisotopic (exact) mass is 196 g/mol. The standard InChI is InChI=1S/C8H6O.H2O3Si/c1-2-4-8-7(3-1)5-6-9-8;1-4(2)3/h1-6H;1-2H. The van der Waals surface area contributed by atoms with Crippen LogP contribution in [0.15, 0.2) is 41.0 Å². The van der Waals surface area contributed by atoms with Crippen LogP contribution >= 0.6 is 0 Å². The fraction of sp³-hybridized carbons (Fsp3) is 0. The summed E-state index contributed by atoms with van der Waals surface area (Å²) in [5.41, 5.74) is 0.956. The minimum atomic E-state index is -3.13. The average molecular weight is 196 g/mol. The number of rotatable bonds is 0. The molecule has 0 amide bonds. The Balaban J connectivity index is 0.000000184. The molecule has 68 valence electrons. The summed E-state index contributed by atoms with van der Waals surface area (Å²) in [4.78, 5) is 14.3. The van der Waals surface area contributed by atoms with Crippen LogP contribution in [-0.2, 0) is 4.46 Å². The first-order chi connectivity index (χ1) is 6.20. The van der Waals surface area contributed by atoms with Gasteiger partial charge in [0.1, 0.15) is 5.58 Å². The minimum Gasteiger partial charge on any atom is -0.511 e. The number of hydrogen-bond donors (Lipinski definition) is 2. The van der Waals surface area contributed by atoms with Crippen LogP contribution in [0.5, 0.6) is 0 Å². The normalized spacial score (nSPS) is 8.92. The third-order valence-corrected chi connectivity index (χ3v) is 1.36. The summed E-state index contributed by atoms with van der Waals surface area (Å²) in [7, 11) is -3.13. The molecule has 5 heteroatoms. The second kappa shape index (κ2) is 4.41. The molecule has 0 spiro atoms. The lowest BCUT2D eigenvalue weighted by Gasteiger charge is -1.81. The van der Waals surface area contributed by atoms with Crippen molar-refractivity contribution in [2.24, 2.45) is 0 Å². The van der Waals surface area contributed by atoms with Gasteiger partial charge in [-0.25, -0.2) is 0 Å². The van der Waals surface area contributed by atoms with Gasteiger partial charge in [0.15, 0.2) is 0 Å². The molecule has 0 saturated heterocycles. The van der Waals surface area contributed by atoms with Crippen molar-refractivity contribution >= 4 is 20.1 Å². The van der Waals surface area contributed by atoms with Crippen LogP contribution in [0.1, 0.15) is 0 Å². The van der Waals surface area contributed by atoms with Crippen molar-refractivity contribution in [1.29, 1.82) is 0 Å². The SMILES string of the molecule is O=[Si](O)O.c1ccc2occc2c1. The van der Waals surface area contributed by atoms with E-state index < -0.39 is 9.17 Å². The first kappa shape index (κ1) is 9.46. The largest absolute Gasteiger partial charge is 0.761 e. The van der Waals surface area contributed by atoms with Crippen molar-refractivity contribution in [2.75, 3.05) is 0 Å². The molecule has 1 aromatic carbocycles. The topological polar surface area (TPSA) is 70.7 Å². The van der Waals surface area contributed by atoms with E-state index in [1.54, 1.807) is 6.26 Å². The summed E-state index contributed by atoms with van der Waals surface area (Å²) in [5, 5.41) is 1.16. The summed E-state index contributed by atoms with van der Waals surface area (Å²) < 4.78 is 13.9. The van der Waals surface area contributed by atoms with E-state index >= 15 is 0 Å². The van der Waals surface area contributed by atoms with Crippen LogP contribution in [0.25, 0.3) is 11.0 Å². The fourth-order valence-electron chi connectivity index (χ4n) is 0.906. The Bertz CT molecular complexity index is 361. The van der Waals surface area contributed by atoms with E-state index in [-0.39, 0.29) is 0 Å². The van der Waals surface area contributed by atoms with Crippen molar-refractivity contribution in [2.45, 2.75) is 0 Å². The first-order valence-electron chi connectivity index (χ1n) is 3.54. The molecule has 0 aliphatic rings. The maximum absolute atomic E-state index is 8.74. The Kier molecular flexibility index (Phi) is 3.21. The number of hydrogen-bond acceptors (Lipinski definition) is 2. The Morgan fingerprint density at radius 1 is 1.15 bits per heavy atom. The molecule has 0 atom stereocenters. The second-order valence-corrected chi connectivity index (χ2v) is 2.81. The highest BCUT2D eigenvalue weighted by Gasteiger charge is 1.89. The molecule has 0 aliphatic heterocycles. The predicted molar refractivity (Wildman–Crippen MR) is 47.1 cm³/mol. The summed E-state index contributed by atoms with van der Waals surface area (Å²) in [6.07, 6.45) is 1.70. The van der Waals surface area contributed by atoms with E-state index in [1.807, 2.05) is 30.3 Å². The van der Waals surface area contributed by atoms with E-state index in [1.165, 1.54) is 0 Å². The Hall–Kier alpha value is -1.62. The van der Waals surface area contributed by atoms with Gasteiger partial charge in [-0.2, -0.15) is 0 Å². The Labute approximate surface area is 76.0 Å². The molecule has 2 N–H and O–H groups in total. The average Bonchev–Trinajstić information content (AvgIpc) is 2.49. The molecule has 0 radical (unpaired) electrons. The van der Waals surface area contributed by atoms with Gasteiger partial charge in [0.25, 0.3) is 0 Å². The van der Waals surface area contributed by atoms with Crippen molar-refractivity contribution in [3.63, 3.8) is 0 Å². The smallest absolute Gasteiger partial charge is 0.511 e. The molecule has 2 rings (SSSR count). The molecule has 0 fully saturated rings. The van der Waals surface area contributed by atoms with E-state index in [4.69, 9.17) is 18.5 Å². The van der Waals surface area contributed by atoms with E-state index in [0.29, 0.717) is 0 Å². The number of para-hydroxylation sites is 1. The predicted octanol–water partition coefficient (Wildman–Crippen LogP) is 0.819. The second-order valence-electron chi connectivity index (χ2n) is 2.24. The summed E-state index contributed by atoms with van der Waals surface area (Å²) >= 11 is 0. The maximum Gasteiger partial charge on any atom is 0.761 e. The van der Waals surface area contributed by atoms with Gasteiger partial charge in [-0.05, 0) is 12.1 Å². The van der Waals surface area contributed by atoms with Crippen molar-refractivity contribution in [1.82, 2.24) is 0 Å². The molecule has 4 nitrogen and oxygen atoms in total. The lowest BCUT2D eigenvalue weighted by Crippen LogP contribution is -1.90. The molecule has 0 saturated carbocycles. The highest BCUT2D eigenvalue weighted by atomic mass is 28.3. The number of benzene rings is 1. The zero-order valence-corrected chi connectivity index (χ0v) is 7.68. The van der Waals surface area contributed by atoms with Crippen molar-refractivity contribution in [3.8, 4) is 0 Å². The van der Waals surface area contributed by atoms with Gasteiger partial charge in [0.2, 0.25) is 0 Å². The lowest BCUT2D eigenvalue weighted by molar-refractivity contribution is 0.330. The van der Waals surface area contributed by atoms with Gasteiger partial charge >= 0.3 is 9.17 Å². The molecule has 13 heavy (non-hydrogen) atoms. The maximum atomic E-state index is 8.74. The summed E-state index contributed by atoms with van der Waals surface area (Å²) in [5.74, 6) is 0. The van der Waals surface area contributed by atoms with Crippen LogP contribution in [0, 0.1) is 0 Å². The molecule has 0 unspecified atom stereocenters. The van der Waals surface area contributed by atoms with Gasteiger partial charge in [-0.15, -0.1) is 0 Å². The number of furan rings is 1. The van der Waals surface area contributed by atoms with Gasteiger partial charge in [-0.3, -0.25) is 4.46 Å². The molecule has 1 aromatic heterocycles. The zero-order chi connectivity index (χ0) is 9.68. The Morgan fingerprint density at radius 2 is 1.77 bits per heavy atom. The van der Waals surface area contributed by atoms with Crippen LogP contribution in [0.4, 0.5) is 0 Å². The molecule has 0 bridgehead atoms. The minimum absolute atomic E-state index is 0.956. The lowest BCUT2D eigenvalue weighted by atomic mass is 10.3. The summed E-state index contributed by atoms with van der Waals surface area (Å²) in [6, 6.07) is 9.90. The van der Waals surface area contributed by atoms with Gasteiger partial charge in [-0.1, -0.05) is 18.2 Å². The molecular formula is C8H8O4Si. The third-order valence-electron chi connectivity index (χ3n) is 1.36. The van der Waals surface area contributed by atoms with E-state index in [9.17, 15) is 0 Å². The quantitative estimate of drug-likeness (QED) is 0.612. The molecule has 0 aliphatic carbocycles. The van der Waals surface area contributed by atoms with Gasteiger partial charge in [0.05, 0.1) is 6.26 Å². The van der Waals surface area contributed by atoms with Crippen molar-refractivity contribution in [3.05, 3.63) is 36.6 Å². The van der Waals surface area contributed by atoms with Crippen LogP contribution < -0.4 is 0 Å². The number of fused-ring (bicyclic) bond motifs is 1. The molecular weight excluding hydrogens is 188 g/mol. The fourth-order valence-corrected chi connectivity index (χ4v) is 0.906. The van der Waals surface area contributed by atoms with Gasteiger partial charge < -0.3 is 14.0 Å². The van der Waals surface area contributed by atoms with E-state index in [0.717, 1.165) is 11.0 Å².